The van der Waals surface area contributed by atoms with Crippen LogP contribution in [0.2, 0.25) is 0 Å². The van der Waals surface area contributed by atoms with Gasteiger partial charge in [0.2, 0.25) is 5.78 Å². The molecule has 1 aliphatic rings. The van der Waals surface area contributed by atoms with Gasteiger partial charge in [0.25, 0.3) is 0 Å². The van der Waals surface area contributed by atoms with Gasteiger partial charge < -0.3 is 5.32 Å². The lowest BCUT2D eigenvalue weighted by Gasteiger charge is -2.31. The molecule has 3 aromatic heterocycles. The van der Waals surface area contributed by atoms with Gasteiger partial charge in [0.15, 0.2) is 0 Å². The van der Waals surface area contributed by atoms with E-state index in [2.05, 4.69) is 28.3 Å². The van der Waals surface area contributed by atoms with E-state index in [1.165, 1.54) is 5.56 Å². The van der Waals surface area contributed by atoms with E-state index < -0.39 is 0 Å². The predicted molar refractivity (Wildman–Crippen MR) is 108 cm³/mol. The fourth-order valence-electron chi connectivity index (χ4n) is 3.86. The van der Waals surface area contributed by atoms with Crippen LogP contribution in [0.3, 0.4) is 0 Å². The highest BCUT2D eigenvalue weighted by molar-refractivity contribution is 6.07. The smallest absolute Gasteiger partial charge is 0.229 e. The fourth-order valence-corrected chi connectivity index (χ4v) is 3.86. The average Bonchev–Trinajstić information content (AvgIpc) is 2.74. The van der Waals surface area contributed by atoms with Crippen LogP contribution in [0.25, 0.3) is 0 Å². The number of aryl methyl sites for hydroxylation is 2. The van der Waals surface area contributed by atoms with Crippen molar-refractivity contribution in [1.29, 1.82) is 0 Å². The van der Waals surface area contributed by atoms with E-state index in [1.807, 2.05) is 43.5 Å². The number of aromatic nitrogens is 3. The molecule has 1 saturated heterocycles. The third-order valence-electron chi connectivity index (χ3n) is 5.35. The summed E-state index contributed by atoms with van der Waals surface area (Å²) in [5, 5.41) is 3.69. The van der Waals surface area contributed by atoms with Crippen LogP contribution in [-0.4, -0.2) is 20.7 Å². The number of hydrogen-bond donors (Lipinski definition) is 1. The summed E-state index contributed by atoms with van der Waals surface area (Å²) in [6, 6.07) is 13.8. The normalized spacial score (nSPS) is 19.4. The highest BCUT2D eigenvalue weighted by atomic mass is 16.1. The van der Waals surface area contributed by atoms with Gasteiger partial charge in [-0.05, 0) is 68.5 Å². The van der Waals surface area contributed by atoms with E-state index in [0.29, 0.717) is 11.4 Å². The van der Waals surface area contributed by atoms with Gasteiger partial charge in [-0.2, -0.15) is 0 Å². The average molecular weight is 372 g/mol. The van der Waals surface area contributed by atoms with Gasteiger partial charge in [0.1, 0.15) is 11.4 Å². The molecule has 0 aromatic carbocycles. The minimum absolute atomic E-state index is 0.109. The first-order valence-electron chi connectivity index (χ1n) is 9.74. The molecule has 3 aromatic rings. The molecule has 0 saturated carbocycles. The van der Waals surface area contributed by atoms with Gasteiger partial charge in [-0.15, -0.1) is 0 Å². The van der Waals surface area contributed by atoms with Crippen LogP contribution < -0.4 is 5.32 Å². The molecule has 0 amide bonds. The van der Waals surface area contributed by atoms with Crippen molar-refractivity contribution in [2.75, 3.05) is 0 Å². The summed E-state index contributed by atoms with van der Waals surface area (Å²) in [6.45, 7) is 3.99. The lowest BCUT2D eigenvalue weighted by Crippen LogP contribution is -2.32. The van der Waals surface area contributed by atoms with E-state index in [1.54, 1.807) is 12.3 Å². The van der Waals surface area contributed by atoms with Crippen LogP contribution in [0.4, 0.5) is 0 Å². The number of hydrogen-bond acceptors (Lipinski definition) is 5. The van der Waals surface area contributed by atoms with Crippen LogP contribution in [0.5, 0.6) is 0 Å². The Kier molecular flexibility index (Phi) is 5.26. The maximum absolute atomic E-state index is 12.9. The minimum atomic E-state index is -0.132. The van der Waals surface area contributed by atoms with Gasteiger partial charge in [-0.3, -0.25) is 14.8 Å². The Morgan fingerprint density at radius 3 is 2.46 bits per heavy atom. The molecule has 0 spiro atoms. The Morgan fingerprint density at radius 2 is 1.68 bits per heavy atom. The van der Waals surface area contributed by atoms with Crippen LogP contribution in [0.1, 0.15) is 70.0 Å². The quantitative estimate of drug-likeness (QED) is 0.693. The lowest BCUT2D eigenvalue weighted by molar-refractivity contribution is 0.102. The maximum atomic E-state index is 12.9. The van der Waals surface area contributed by atoms with Crippen LogP contribution in [-0.2, 0) is 0 Å². The second kappa shape index (κ2) is 7.98. The molecule has 28 heavy (non-hydrogen) atoms. The molecular formula is C23H24N4O. The van der Waals surface area contributed by atoms with Crippen molar-refractivity contribution in [2.24, 2.45) is 0 Å². The third-order valence-corrected chi connectivity index (χ3v) is 5.35. The molecular weight excluding hydrogens is 348 g/mol. The largest absolute Gasteiger partial charge is 0.300 e. The van der Waals surface area contributed by atoms with Gasteiger partial charge >= 0.3 is 0 Å². The molecule has 1 N–H and O–H groups in total. The number of ketones is 1. The molecule has 0 unspecified atom stereocenters. The Bertz CT molecular complexity index is 1000. The molecule has 0 radical (unpaired) electrons. The molecule has 2 atom stereocenters. The number of nitrogens with one attached hydrogen (secondary N) is 1. The van der Waals surface area contributed by atoms with E-state index in [4.69, 9.17) is 4.98 Å². The zero-order valence-electron chi connectivity index (χ0n) is 16.2. The van der Waals surface area contributed by atoms with Gasteiger partial charge in [-0.25, -0.2) is 4.98 Å². The van der Waals surface area contributed by atoms with Crippen LogP contribution in [0, 0.1) is 13.8 Å². The van der Waals surface area contributed by atoms with Crippen molar-refractivity contribution in [3.63, 3.8) is 0 Å². The zero-order chi connectivity index (χ0) is 19.5. The van der Waals surface area contributed by atoms with Gasteiger partial charge in [0, 0.05) is 12.4 Å². The monoisotopic (exact) mass is 372 g/mol. The van der Waals surface area contributed by atoms with Crippen molar-refractivity contribution >= 4 is 5.78 Å². The van der Waals surface area contributed by atoms with Gasteiger partial charge in [0.05, 0.1) is 23.5 Å². The molecule has 4 heterocycles. The predicted octanol–water partition coefficient (Wildman–Crippen LogP) is 4.28. The molecule has 1 aliphatic heterocycles. The van der Waals surface area contributed by atoms with Crippen molar-refractivity contribution in [1.82, 2.24) is 20.3 Å². The Hall–Kier alpha value is -2.92. The number of pyridine rings is 3. The standard InChI is InChI=1S/C23H24N4O/c1-15-7-5-13-24-21(15)19-11-3-9-17(26-19)18-10-4-12-20(27-18)23(28)22-16(2)8-6-14-25-22/h4-8,10,12-14,17,19,26H,3,9,11H2,1-2H3/t17-,19+/m1/s1. The Balaban J connectivity index is 1.58. The number of carbonyl (C=O) groups is 1. The van der Waals surface area contributed by atoms with Crippen molar-refractivity contribution < 1.29 is 4.79 Å². The van der Waals surface area contributed by atoms with Crippen molar-refractivity contribution in [3.8, 4) is 0 Å². The summed E-state index contributed by atoms with van der Waals surface area (Å²) in [4.78, 5) is 26.4. The Labute approximate surface area is 165 Å². The highest BCUT2D eigenvalue weighted by Gasteiger charge is 2.26. The highest BCUT2D eigenvalue weighted by Crippen LogP contribution is 2.32. The summed E-state index contributed by atoms with van der Waals surface area (Å²) >= 11 is 0. The second-order valence-electron chi connectivity index (χ2n) is 7.35. The van der Waals surface area contributed by atoms with Crippen LogP contribution in [0.15, 0.2) is 54.9 Å². The maximum Gasteiger partial charge on any atom is 0.229 e. The molecule has 5 nitrogen and oxygen atoms in total. The summed E-state index contributed by atoms with van der Waals surface area (Å²) < 4.78 is 0. The number of carbonyl (C=O) groups excluding carboxylic acids is 1. The van der Waals surface area contributed by atoms with E-state index in [0.717, 1.165) is 36.2 Å². The first kappa shape index (κ1) is 18.4. The van der Waals surface area contributed by atoms with Crippen LogP contribution >= 0.6 is 0 Å². The molecule has 1 fully saturated rings. The third kappa shape index (κ3) is 3.71. The lowest BCUT2D eigenvalue weighted by atomic mass is 9.92. The molecule has 5 heteroatoms. The molecule has 0 bridgehead atoms. The SMILES string of the molecule is Cc1cccnc1C(=O)c1cccc([C@H]2CCC[C@@H](c3ncccc3C)N2)n1. The molecule has 4 rings (SSSR count). The number of nitrogens with zero attached hydrogens (tertiary/aromatic N) is 3. The van der Waals surface area contributed by atoms with E-state index >= 15 is 0 Å². The first-order chi connectivity index (χ1) is 13.6. The van der Waals surface area contributed by atoms with Crippen molar-refractivity contribution in [3.05, 3.63) is 88.8 Å². The summed E-state index contributed by atoms with van der Waals surface area (Å²) in [5.41, 5.74) is 4.97. The molecule has 142 valence electrons. The van der Waals surface area contributed by atoms with Gasteiger partial charge in [-0.1, -0.05) is 18.2 Å². The second-order valence-corrected chi connectivity index (χ2v) is 7.35. The Morgan fingerprint density at radius 1 is 0.929 bits per heavy atom. The first-order valence-corrected chi connectivity index (χ1v) is 9.74. The van der Waals surface area contributed by atoms with E-state index in [9.17, 15) is 4.79 Å². The summed E-state index contributed by atoms with van der Waals surface area (Å²) in [7, 11) is 0. The number of rotatable bonds is 4. The van der Waals surface area contributed by atoms with E-state index in [-0.39, 0.29) is 17.9 Å². The van der Waals surface area contributed by atoms with Crippen molar-refractivity contribution in [2.45, 2.75) is 45.2 Å². The number of piperidine rings is 1. The zero-order valence-corrected chi connectivity index (χ0v) is 16.2. The minimum Gasteiger partial charge on any atom is -0.300 e. The fraction of sp³-hybridized carbons (Fsp3) is 0.304. The molecule has 0 aliphatic carbocycles. The summed E-state index contributed by atoms with van der Waals surface area (Å²) in [5.74, 6) is -0.132. The topological polar surface area (TPSA) is 67.8 Å². The summed E-state index contributed by atoms with van der Waals surface area (Å²) in [6.07, 6.45) is 6.64.